The lowest BCUT2D eigenvalue weighted by Crippen LogP contribution is -2.51. The number of halogens is 1. The van der Waals surface area contributed by atoms with Crippen LogP contribution in [0, 0.1) is 0 Å². The first-order chi connectivity index (χ1) is 20.0. The number of nitrogens with one attached hydrogen (secondary N) is 1. The summed E-state index contributed by atoms with van der Waals surface area (Å²) in [5.41, 5.74) is 2.20. The molecule has 0 saturated carbocycles. The predicted molar refractivity (Wildman–Crippen MR) is 168 cm³/mol. The van der Waals surface area contributed by atoms with Gasteiger partial charge in [-0.15, -0.1) is 0 Å². The van der Waals surface area contributed by atoms with Gasteiger partial charge in [0, 0.05) is 37.0 Å². The highest BCUT2D eigenvalue weighted by atomic mass is 35.5. The van der Waals surface area contributed by atoms with E-state index in [0.29, 0.717) is 29.5 Å². The minimum atomic E-state index is -3.61. The predicted octanol–water partition coefficient (Wildman–Crippen LogP) is 5.45. The average Bonchev–Trinajstić information content (AvgIpc) is 2.93. The summed E-state index contributed by atoms with van der Waals surface area (Å²) in [7, 11) is -3.61. The second-order valence-electron chi connectivity index (χ2n) is 10.4. The molecule has 1 N–H and O–H groups in total. The van der Waals surface area contributed by atoms with Gasteiger partial charge in [0.2, 0.25) is 21.8 Å². The number of amides is 2. The SMILES string of the molecule is CCOc1ccc(N(CCCC(=O)N(Cc2cccc(Cl)c2)[C@H](Cc2ccccc2)C(=O)NC(C)C)S(C)(=O)=O)cc1. The largest absolute Gasteiger partial charge is 0.494 e. The van der Waals surface area contributed by atoms with E-state index in [1.54, 1.807) is 41.3 Å². The van der Waals surface area contributed by atoms with E-state index in [0.717, 1.165) is 17.4 Å². The molecule has 0 aliphatic rings. The zero-order chi connectivity index (χ0) is 30.7. The van der Waals surface area contributed by atoms with E-state index in [1.165, 1.54) is 4.31 Å². The van der Waals surface area contributed by atoms with Gasteiger partial charge in [0.25, 0.3) is 0 Å². The van der Waals surface area contributed by atoms with E-state index >= 15 is 0 Å². The zero-order valence-electron chi connectivity index (χ0n) is 24.6. The maximum Gasteiger partial charge on any atom is 0.243 e. The number of anilines is 1. The summed E-state index contributed by atoms with van der Waals surface area (Å²) in [6, 6.07) is 22.7. The molecular weight excluding hydrogens is 574 g/mol. The molecule has 0 aliphatic heterocycles. The third-order valence-corrected chi connectivity index (χ3v) is 7.96. The van der Waals surface area contributed by atoms with Crippen LogP contribution < -0.4 is 14.4 Å². The van der Waals surface area contributed by atoms with Crippen LogP contribution >= 0.6 is 11.6 Å². The van der Waals surface area contributed by atoms with Gasteiger partial charge >= 0.3 is 0 Å². The number of hydrogen-bond donors (Lipinski definition) is 1. The van der Waals surface area contributed by atoms with Crippen molar-refractivity contribution in [1.29, 1.82) is 0 Å². The lowest BCUT2D eigenvalue weighted by Gasteiger charge is -2.32. The van der Waals surface area contributed by atoms with E-state index in [4.69, 9.17) is 16.3 Å². The van der Waals surface area contributed by atoms with Crippen LogP contribution in [-0.2, 0) is 32.6 Å². The Balaban J connectivity index is 1.86. The van der Waals surface area contributed by atoms with Crippen molar-refractivity contribution in [2.45, 2.75) is 58.7 Å². The average molecular weight is 614 g/mol. The molecule has 8 nitrogen and oxygen atoms in total. The van der Waals surface area contributed by atoms with Crippen molar-refractivity contribution in [2.24, 2.45) is 0 Å². The lowest BCUT2D eigenvalue weighted by atomic mass is 10.0. The van der Waals surface area contributed by atoms with Crippen LogP contribution in [0.25, 0.3) is 0 Å². The zero-order valence-corrected chi connectivity index (χ0v) is 26.2. The van der Waals surface area contributed by atoms with E-state index in [9.17, 15) is 18.0 Å². The van der Waals surface area contributed by atoms with Crippen LogP contribution in [0.5, 0.6) is 5.75 Å². The second-order valence-corrected chi connectivity index (χ2v) is 12.7. The van der Waals surface area contributed by atoms with Gasteiger partial charge in [-0.1, -0.05) is 54.1 Å². The van der Waals surface area contributed by atoms with Crippen molar-refractivity contribution < 1.29 is 22.7 Å². The number of sulfonamides is 1. The summed E-state index contributed by atoms with van der Waals surface area (Å²) in [5, 5.41) is 3.50. The lowest BCUT2D eigenvalue weighted by molar-refractivity contribution is -0.141. The first-order valence-corrected chi connectivity index (χ1v) is 16.3. The Morgan fingerprint density at radius 1 is 0.952 bits per heavy atom. The standard InChI is InChI=1S/C32H40ClN3O5S/c1-5-41-29-18-16-28(17-19-29)36(42(4,39)40)20-10-15-31(37)35(23-26-13-9-14-27(33)21-26)30(32(38)34-24(2)3)22-25-11-7-6-8-12-25/h6-9,11-14,16-19,21,24,30H,5,10,15,20,22-23H2,1-4H3,(H,34,38)/t30-/m1/s1. The molecule has 3 aromatic carbocycles. The van der Waals surface area contributed by atoms with Crippen LogP contribution in [0.1, 0.15) is 44.7 Å². The summed E-state index contributed by atoms with van der Waals surface area (Å²) < 4.78 is 32.1. The van der Waals surface area contributed by atoms with Gasteiger partial charge in [0.15, 0.2) is 0 Å². The Morgan fingerprint density at radius 2 is 1.62 bits per heavy atom. The number of carbonyl (C=O) groups excluding carboxylic acids is 2. The molecular formula is C32H40ClN3O5S. The van der Waals surface area contributed by atoms with Gasteiger partial charge in [-0.3, -0.25) is 13.9 Å². The van der Waals surface area contributed by atoms with Crippen LogP contribution in [0.3, 0.4) is 0 Å². The summed E-state index contributed by atoms with van der Waals surface area (Å²) in [5.74, 6) is 0.136. The molecule has 226 valence electrons. The molecule has 10 heteroatoms. The Morgan fingerprint density at radius 3 is 2.21 bits per heavy atom. The summed E-state index contributed by atoms with van der Waals surface area (Å²) in [6.45, 7) is 6.41. The molecule has 2 amide bonds. The number of rotatable bonds is 15. The fourth-order valence-electron chi connectivity index (χ4n) is 4.65. The number of carbonyl (C=O) groups is 2. The maximum atomic E-state index is 13.9. The molecule has 0 saturated heterocycles. The molecule has 0 bridgehead atoms. The molecule has 0 unspecified atom stereocenters. The van der Waals surface area contributed by atoms with Crippen molar-refractivity contribution in [3.8, 4) is 5.75 Å². The number of hydrogen-bond acceptors (Lipinski definition) is 5. The fraction of sp³-hybridized carbons (Fsp3) is 0.375. The highest BCUT2D eigenvalue weighted by molar-refractivity contribution is 7.92. The van der Waals surface area contributed by atoms with E-state index in [2.05, 4.69) is 5.32 Å². The van der Waals surface area contributed by atoms with Gasteiger partial charge < -0.3 is 15.0 Å². The summed E-state index contributed by atoms with van der Waals surface area (Å²) in [4.78, 5) is 29.0. The van der Waals surface area contributed by atoms with Crippen molar-refractivity contribution in [3.63, 3.8) is 0 Å². The fourth-order valence-corrected chi connectivity index (χ4v) is 5.82. The Bertz CT molecular complexity index is 1420. The van der Waals surface area contributed by atoms with Crippen LogP contribution in [0.15, 0.2) is 78.9 Å². The molecule has 0 radical (unpaired) electrons. The van der Waals surface area contributed by atoms with Gasteiger partial charge in [-0.25, -0.2) is 8.42 Å². The molecule has 0 heterocycles. The molecule has 0 spiro atoms. The Labute approximate surface area is 254 Å². The van der Waals surface area contributed by atoms with E-state index < -0.39 is 16.1 Å². The first kappa shape index (κ1) is 32.9. The minimum Gasteiger partial charge on any atom is -0.494 e. The van der Waals surface area contributed by atoms with Gasteiger partial charge in [0.05, 0.1) is 18.6 Å². The normalized spacial score (nSPS) is 12.0. The molecule has 0 aromatic heterocycles. The van der Waals surface area contributed by atoms with Gasteiger partial charge in [-0.2, -0.15) is 0 Å². The Hall–Kier alpha value is -3.56. The van der Waals surface area contributed by atoms with Crippen molar-refractivity contribution in [2.75, 3.05) is 23.7 Å². The first-order valence-electron chi connectivity index (χ1n) is 14.1. The van der Waals surface area contributed by atoms with Crippen LogP contribution in [0.2, 0.25) is 5.02 Å². The van der Waals surface area contributed by atoms with Crippen molar-refractivity contribution in [1.82, 2.24) is 10.2 Å². The van der Waals surface area contributed by atoms with Crippen molar-refractivity contribution in [3.05, 3.63) is 95.0 Å². The summed E-state index contributed by atoms with van der Waals surface area (Å²) >= 11 is 6.24. The van der Waals surface area contributed by atoms with E-state index in [-0.39, 0.29) is 43.8 Å². The number of benzene rings is 3. The highest BCUT2D eigenvalue weighted by Gasteiger charge is 2.31. The molecule has 3 aromatic rings. The van der Waals surface area contributed by atoms with E-state index in [1.807, 2.05) is 63.2 Å². The minimum absolute atomic E-state index is 0.0455. The van der Waals surface area contributed by atoms with Crippen LogP contribution in [-0.4, -0.2) is 56.6 Å². The maximum absolute atomic E-state index is 13.9. The third kappa shape index (κ3) is 10.1. The number of nitrogens with zero attached hydrogens (tertiary/aromatic N) is 2. The van der Waals surface area contributed by atoms with Crippen LogP contribution in [0.4, 0.5) is 5.69 Å². The molecule has 0 aliphatic carbocycles. The topological polar surface area (TPSA) is 96.0 Å². The molecule has 1 atom stereocenters. The highest BCUT2D eigenvalue weighted by Crippen LogP contribution is 2.23. The smallest absolute Gasteiger partial charge is 0.243 e. The molecule has 0 fully saturated rings. The van der Waals surface area contributed by atoms with Gasteiger partial charge in [-0.05, 0) is 74.7 Å². The third-order valence-electron chi connectivity index (χ3n) is 6.53. The quantitative estimate of drug-likeness (QED) is 0.246. The summed E-state index contributed by atoms with van der Waals surface area (Å²) in [6.07, 6.45) is 1.77. The van der Waals surface area contributed by atoms with Gasteiger partial charge in [0.1, 0.15) is 11.8 Å². The monoisotopic (exact) mass is 613 g/mol. The molecule has 3 rings (SSSR count). The second kappa shape index (κ2) is 15.6. The number of ether oxygens (including phenoxy) is 1. The van der Waals surface area contributed by atoms with Crippen molar-refractivity contribution >= 4 is 39.1 Å². The molecule has 42 heavy (non-hydrogen) atoms. The Kier molecular flexibility index (Phi) is 12.2.